The van der Waals surface area contributed by atoms with Gasteiger partial charge in [-0.1, -0.05) is 18.2 Å². The number of nitrogens with two attached hydrogens (primary N) is 1. The lowest BCUT2D eigenvalue weighted by molar-refractivity contribution is -0.138. The molecule has 2 nitrogen and oxygen atoms in total. The largest absolute Gasteiger partial charge is 0.488 e. The minimum atomic E-state index is -4.46. The molecule has 2 rings (SSSR count). The van der Waals surface area contributed by atoms with E-state index in [1.165, 1.54) is 12.1 Å². The maximum atomic E-state index is 12.9. The number of benzene rings is 2. The molecule has 0 amide bonds. The Labute approximate surface area is 122 Å². The van der Waals surface area contributed by atoms with Gasteiger partial charge in [0.05, 0.1) is 10.0 Å². The third-order valence-electron chi connectivity index (χ3n) is 2.66. The molecule has 0 saturated heterocycles. The van der Waals surface area contributed by atoms with Gasteiger partial charge in [-0.05, 0) is 40.2 Å². The van der Waals surface area contributed by atoms with Crippen molar-refractivity contribution in [1.29, 1.82) is 0 Å². The molecule has 0 spiro atoms. The molecule has 0 saturated carbocycles. The Bertz CT molecular complexity index is 614. The highest BCUT2D eigenvalue weighted by atomic mass is 79.9. The first-order chi connectivity index (χ1) is 9.38. The van der Waals surface area contributed by atoms with Crippen LogP contribution in [-0.4, -0.2) is 0 Å². The highest BCUT2D eigenvalue weighted by Crippen LogP contribution is 2.34. The minimum absolute atomic E-state index is 0.0439. The van der Waals surface area contributed by atoms with Crippen molar-refractivity contribution in [2.45, 2.75) is 12.8 Å². The van der Waals surface area contributed by atoms with E-state index in [1.807, 2.05) is 0 Å². The SMILES string of the molecule is Nc1ccc(COc2ccccc2Br)c(C(F)(F)F)c1. The number of alkyl halides is 3. The van der Waals surface area contributed by atoms with E-state index in [1.54, 1.807) is 24.3 Å². The van der Waals surface area contributed by atoms with E-state index < -0.39 is 11.7 Å². The average molecular weight is 346 g/mol. The van der Waals surface area contributed by atoms with E-state index >= 15 is 0 Å². The molecular weight excluding hydrogens is 335 g/mol. The van der Waals surface area contributed by atoms with Crippen LogP contribution in [0.1, 0.15) is 11.1 Å². The van der Waals surface area contributed by atoms with E-state index in [0.717, 1.165) is 6.07 Å². The van der Waals surface area contributed by atoms with Crippen molar-refractivity contribution in [1.82, 2.24) is 0 Å². The number of ether oxygens (including phenoxy) is 1. The number of nitrogen functional groups attached to an aromatic ring is 1. The summed E-state index contributed by atoms with van der Waals surface area (Å²) in [5.74, 6) is 0.484. The highest BCUT2D eigenvalue weighted by molar-refractivity contribution is 9.10. The first kappa shape index (κ1) is 14.7. The number of para-hydroxylation sites is 1. The van der Waals surface area contributed by atoms with Crippen molar-refractivity contribution in [2.75, 3.05) is 5.73 Å². The third-order valence-corrected chi connectivity index (χ3v) is 3.31. The zero-order valence-electron chi connectivity index (χ0n) is 10.2. The molecule has 106 valence electrons. The van der Waals surface area contributed by atoms with E-state index in [0.29, 0.717) is 10.2 Å². The lowest BCUT2D eigenvalue weighted by atomic mass is 10.1. The number of hydrogen-bond acceptors (Lipinski definition) is 2. The third kappa shape index (κ3) is 3.45. The van der Waals surface area contributed by atoms with Gasteiger partial charge in [0.15, 0.2) is 0 Å². The van der Waals surface area contributed by atoms with Crippen LogP contribution in [0.5, 0.6) is 5.75 Å². The fourth-order valence-corrected chi connectivity index (χ4v) is 2.10. The monoisotopic (exact) mass is 345 g/mol. The van der Waals surface area contributed by atoms with Crippen LogP contribution < -0.4 is 10.5 Å². The van der Waals surface area contributed by atoms with Crippen LogP contribution in [0.25, 0.3) is 0 Å². The molecule has 0 fully saturated rings. The smallest absolute Gasteiger partial charge is 0.416 e. The molecule has 2 N–H and O–H groups in total. The normalized spacial score (nSPS) is 11.4. The summed E-state index contributed by atoms with van der Waals surface area (Å²) in [5, 5.41) is 0. The predicted molar refractivity (Wildman–Crippen MR) is 74.3 cm³/mol. The second kappa shape index (κ2) is 5.75. The number of hydrogen-bond donors (Lipinski definition) is 1. The van der Waals surface area contributed by atoms with Crippen LogP contribution >= 0.6 is 15.9 Å². The highest BCUT2D eigenvalue weighted by Gasteiger charge is 2.33. The summed E-state index contributed by atoms with van der Waals surface area (Å²) < 4.78 is 44.8. The Morgan fingerprint density at radius 3 is 2.45 bits per heavy atom. The summed E-state index contributed by atoms with van der Waals surface area (Å²) in [6, 6.07) is 10.6. The fourth-order valence-electron chi connectivity index (χ4n) is 1.70. The van der Waals surface area contributed by atoms with Gasteiger partial charge in [-0.2, -0.15) is 13.2 Å². The zero-order chi connectivity index (χ0) is 14.8. The maximum absolute atomic E-state index is 12.9. The Hall–Kier alpha value is -1.69. The van der Waals surface area contributed by atoms with Crippen molar-refractivity contribution in [3.8, 4) is 5.75 Å². The van der Waals surface area contributed by atoms with Crippen LogP contribution in [0.4, 0.5) is 18.9 Å². The van der Waals surface area contributed by atoms with Gasteiger partial charge >= 0.3 is 6.18 Å². The van der Waals surface area contributed by atoms with Gasteiger partial charge in [0.2, 0.25) is 0 Å². The molecule has 0 unspecified atom stereocenters. The first-order valence-electron chi connectivity index (χ1n) is 5.71. The summed E-state index contributed by atoms with van der Waals surface area (Å²) in [7, 11) is 0. The van der Waals surface area contributed by atoms with Crippen LogP contribution in [0.15, 0.2) is 46.9 Å². The number of anilines is 1. The van der Waals surface area contributed by atoms with Gasteiger partial charge in [-0.3, -0.25) is 0 Å². The molecule has 0 radical (unpaired) electrons. The van der Waals surface area contributed by atoms with Crippen LogP contribution in [0.3, 0.4) is 0 Å². The minimum Gasteiger partial charge on any atom is -0.488 e. The second-order valence-corrected chi connectivity index (χ2v) is 4.99. The zero-order valence-corrected chi connectivity index (χ0v) is 11.8. The quantitative estimate of drug-likeness (QED) is 0.823. The molecule has 0 aromatic heterocycles. The summed E-state index contributed by atoms with van der Waals surface area (Å²) in [5.41, 5.74) is 4.75. The molecule has 0 bridgehead atoms. The Morgan fingerprint density at radius 2 is 1.80 bits per heavy atom. The molecule has 2 aromatic rings. The van der Waals surface area contributed by atoms with Crippen LogP contribution in [0.2, 0.25) is 0 Å². The van der Waals surface area contributed by atoms with Crippen LogP contribution in [-0.2, 0) is 12.8 Å². The lowest BCUT2D eigenvalue weighted by Crippen LogP contribution is -2.11. The molecule has 20 heavy (non-hydrogen) atoms. The fraction of sp³-hybridized carbons (Fsp3) is 0.143. The van der Waals surface area contributed by atoms with Crippen molar-refractivity contribution in [2.24, 2.45) is 0 Å². The van der Waals surface area contributed by atoms with E-state index in [4.69, 9.17) is 10.5 Å². The molecule has 0 aliphatic heterocycles. The van der Waals surface area contributed by atoms with Gasteiger partial charge in [0, 0.05) is 11.3 Å². The van der Waals surface area contributed by atoms with E-state index in [2.05, 4.69) is 15.9 Å². The first-order valence-corrected chi connectivity index (χ1v) is 6.50. The van der Waals surface area contributed by atoms with Crippen molar-refractivity contribution < 1.29 is 17.9 Å². The van der Waals surface area contributed by atoms with Gasteiger partial charge < -0.3 is 10.5 Å². The van der Waals surface area contributed by atoms with E-state index in [9.17, 15) is 13.2 Å². The van der Waals surface area contributed by atoms with Gasteiger partial charge in [0.1, 0.15) is 12.4 Å². The molecule has 6 heteroatoms. The molecule has 0 atom stereocenters. The number of rotatable bonds is 3. The van der Waals surface area contributed by atoms with Crippen molar-refractivity contribution >= 4 is 21.6 Å². The van der Waals surface area contributed by atoms with Gasteiger partial charge in [0.25, 0.3) is 0 Å². The second-order valence-electron chi connectivity index (χ2n) is 4.13. The Kier molecular flexibility index (Phi) is 4.23. The summed E-state index contributed by atoms with van der Waals surface area (Å²) >= 11 is 3.27. The molecular formula is C14H11BrF3NO. The van der Waals surface area contributed by atoms with E-state index in [-0.39, 0.29) is 17.9 Å². The molecule has 0 aliphatic rings. The van der Waals surface area contributed by atoms with Crippen LogP contribution in [0, 0.1) is 0 Å². The van der Waals surface area contributed by atoms with Crippen molar-refractivity contribution in [3.05, 3.63) is 58.1 Å². The maximum Gasteiger partial charge on any atom is 0.416 e. The van der Waals surface area contributed by atoms with Crippen molar-refractivity contribution in [3.63, 3.8) is 0 Å². The summed E-state index contributed by atoms with van der Waals surface area (Å²) in [4.78, 5) is 0. The standard InChI is InChI=1S/C14H11BrF3NO/c15-12-3-1-2-4-13(12)20-8-9-5-6-10(19)7-11(9)14(16,17)18/h1-7H,8,19H2. The molecule has 2 aromatic carbocycles. The lowest BCUT2D eigenvalue weighted by Gasteiger charge is -2.15. The van der Waals surface area contributed by atoms with Gasteiger partial charge in [-0.15, -0.1) is 0 Å². The number of halogens is 4. The molecule has 0 heterocycles. The Morgan fingerprint density at radius 1 is 1.10 bits per heavy atom. The average Bonchev–Trinajstić information content (AvgIpc) is 2.38. The predicted octanol–water partition coefficient (Wildman–Crippen LogP) is 4.63. The van der Waals surface area contributed by atoms with Gasteiger partial charge in [-0.25, -0.2) is 0 Å². The Balaban J connectivity index is 2.24. The molecule has 0 aliphatic carbocycles. The summed E-state index contributed by atoms with van der Waals surface area (Å²) in [6.45, 7) is -0.183. The summed E-state index contributed by atoms with van der Waals surface area (Å²) in [6.07, 6.45) is -4.46. The topological polar surface area (TPSA) is 35.2 Å².